The summed E-state index contributed by atoms with van der Waals surface area (Å²) in [7, 11) is 0. The zero-order valence-electron chi connectivity index (χ0n) is 11.3. The lowest BCUT2D eigenvalue weighted by Gasteiger charge is -2.37. The maximum Gasteiger partial charge on any atom is 0.338 e. The lowest BCUT2D eigenvalue weighted by atomic mass is 9.71. The molecule has 2 aliphatic rings. The molecule has 0 aromatic carbocycles. The van der Waals surface area contributed by atoms with Crippen molar-refractivity contribution in [1.29, 1.82) is 0 Å². The number of alkyl halides is 1. The van der Waals surface area contributed by atoms with Crippen molar-refractivity contribution < 1.29 is 9.53 Å². The topological polar surface area (TPSA) is 26.3 Å². The molecule has 19 heavy (non-hydrogen) atoms. The van der Waals surface area contributed by atoms with Crippen LogP contribution in [-0.2, 0) is 9.53 Å². The molecule has 2 atom stereocenters. The fraction of sp³-hybridized carbons (Fsp3) is 0.667. The molecule has 2 rings (SSSR count). The minimum atomic E-state index is -0.189. The second-order valence-corrected chi connectivity index (χ2v) is 6.79. The van der Waals surface area contributed by atoms with E-state index < -0.39 is 0 Å². The van der Waals surface area contributed by atoms with Crippen LogP contribution in [0, 0.1) is 11.8 Å². The van der Waals surface area contributed by atoms with Crippen molar-refractivity contribution in [2.45, 2.75) is 39.0 Å². The van der Waals surface area contributed by atoms with Crippen LogP contribution in [0.25, 0.3) is 0 Å². The Bertz CT molecular complexity index is 412. The van der Waals surface area contributed by atoms with Crippen LogP contribution in [0.3, 0.4) is 0 Å². The highest BCUT2D eigenvalue weighted by atomic mass is 79.9. The predicted octanol–water partition coefficient (Wildman–Crippen LogP) is 4.73. The van der Waals surface area contributed by atoms with E-state index in [-0.39, 0.29) is 5.97 Å². The number of carbonyl (C=O) groups excluding carboxylic acids is 1. The van der Waals surface area contributed by atoms with Crippen LogP contribution in [-0.4, -0.2) is 17.9 Å². The molecule has 0 bridgehead atoms. The summed E-state index contributed by atoms with van der Waals surface area (Å²) in [5, 5.41) is 0.954. The Labute approximate surface area is 131 Å². The molecule has 0 heterocycles. The number of halogens is 2. The van der Waals surface area contributed by atoms with E-state index >= 15 is 0 Å². The first-order valence-electron chi connectivity index (χ1n) is 7.02. The first-order chi connectivity index (χ1) is 9.19. The van der Waals surface area contributed by atoms with Gasteiger partial charge in [-0.1, -0.05) is 50.3 Å². The van der Waals surface area contributed by atoms with Gasteiger partial charge >= 0.3 is 5.97 Å². The molecule has 0 spiro atoms. The molecule has 0 aromatic rings. The number of carbonyl (C=O) groups is 1. The summed E-state index contributed by atoms with van der Waals surface area (Å²) < 4.78 is 6.24. The van der Waals surface area contributed by atoms with E-state index in [1.54, 1.807) is 0 Å². The summed E-state index contributed by atoms with van der Waals surface area (Å²) in [6, 6.07) is 0. The van der Waals surface area contributed by atoms with Crippen molar-refractivity contribution in [3.05, 3.63) is 21.7 Å². The van der Waals surface area contributed by atoms with E-state index in [2.05, 4.69) is 37.9 Å². The molecule has 0 amide bonds. The zero-order valence-corrected chi connectivity index (χ0v) is 14.4. The summed E-state index contributed by atoms with van der Waals surface area (Å²) >= 11 is 7.19. The lowest BCUT2D eigenvalue weighted by molar-refractivity contribution is -0.138. The Morgan fingerprint density at radius 3 is 2.68 bits per heavy atom. The zero-order chi connectivity index (χ0) is 13.8. The molecular formula is C15H20Br2O2. The SMILES string of the molecule is CCOC(=O)C1=C(Br)[C@@H]2CCCC[C@@H]2C(CCBr)=C1. The van der Waals surface area contributed by atoms with Crippen molar-refractivity contribution in [2.24, 2.45) is 11.8 Å². The van der Waals surface area contributed by atoms with Crippen LogP contribution in [0.1, 0.15) is 39.0 Å². The molecule has 0 unspecified atom stereocenters. The van der Waals surface area contributed by atoms with Crippen LogP contribution in [0.4, 0.5) is 0 Å². The summed E-state index contributed by atoms with van der Waals surface area (Å²) in [6.07, 6.45) is 8.06. The molecule has 0 radical (unpaired) electrons. The minimum absolute atomic E-state index is 0.189. The molecule has 0 N–H and O–H groups in total. The second-order valence-electron chi connectivity index (χ2n) is 5.14. The van der Waals surface area contributed by atoms with Crippen LogP contribution in [0.15, 0.2) is 21.7 Å². The maximum atomic E-state index is 12.1. The Kier molecular flexibility index (Phi) is 5.70. The average molecular weight is 392 g/mol. The molecule has 1 saturated carbocycles. The molecule has 0 saturated heterocycles. The van der Waals surface area contributed by atoms with E-state index in [0.29, 0.717) is 18.4 Å². The largest absolute Gasteiger partial charge is 0.462 e. The third kappa shape index (κ3) is 3.33. The van der Waals surface area contributed by atoms with Gasteiger partial charge in [0.2, 0.25) is 0 Å². The van der Waals surface area contributed by atoms with E-state index in [4.69, 9.17) is 4.74 Å². The molecule has 0 aliphatic heterocycles. The standard InChI is InChI=1S/C15H20Br2O2/c1-2-19-15(18)13-9-10(7-8-16)11-5-3-4-6-12(11)14(13)17/h9,11-12H,2-8H2,1H3/t11-,12-/m1/s1. The average Bonchev–Trinajstić information content (AvgIpc) is 2.42. The highest BCUT2D eigenvalue weighted by Crippen LogP contribution is 2.47. The highest BCUT2D eigenvalue weighted by molar-refractivity contribution is 9.11. The maximum absolute atomic E-state index is 12.1. The molecular weight excluding hydrogens is 372 g/mol. The Balaban J connectivity index is 2.31. The molecule has 2 nitrogen and oxygen atoms in total. The van der Waals surface area contributed by atoms with Gasteiger partial charge < -0.3 is 4.74 Å². The third-order valence-corrected chi connectivity index (χ3v) is 5.45. The number of ether oxygens (including phenoxy) is 1. The first kappa shape index (κ1) is 15.3. The lowest BCUT2D eigenvalue weighted by Crippen LogP contribution is -2.27. The number of allylic oxidation sites excluding steroid dienone is 2. The van der Waals surface area contributed by atoms with Gasteiger partial charge in [0.05, 0.1) is 12.2 Å². The van der Waals surface area contributed by atoms with Gasteiger partial charge in [-0.2, -0.15) is 0 Å². The molecule has 1 fully saturated rings. The number of hydrogen-bond donors (Lipinski definition) is 0. The van der Waals surface area contributed by atoms with Crippen molar-refractivity contribution in [3.8, 4) is 0 Å². The van der Waals surface area contributed by atoms with E-state index in [1.165, 1.54) is 31.3 Å². The molecule has 2 aliphatic carbocycles. The summed E-state index contributed by atoms with van der Waals surface area (Å²) in [6.45, 7) is 2.28. The molecule has 0 aromatic heterocycles. The number of rotatable bonds is 4. The summed E-state index contributed by atoms with van der Waals surface area (Å²) in [5.74, 6) is 0.900. The highest BCUT2D eigenvalue weighted by Gasteiger charge is 2.35. The summed E-state index contributed by atoms with van der Waals surface area (Å²) in [5.41, 5.74) is 2.15. The van der Waals surface area contributed by atoms with Crippen molar-refractivity contribution >= 4 is 37.8 Å². The van der Waals surface area contributed by atoms with E-state index in [9.17, 15) is 4.79 Å². The van der Waals surface area contributed by atoms with Gasteiger partial charge in [0.1, 0.15) is 0 Å². The van der Waals surface area contributed by atoms with Gasteiger partial charge in [-0.15, -0.1) is 0 Å². The minimum Gasteiger partial charge on any atom is -0.462 e. The fourth-order valence-electron chi connectivity index (χ4n) is 3.17. The van der Waals surface area contributed by atoms with Gasteiger partial charge in [0.25, 0.3) is 0 Å². The Hall–Kier alpha value is -0.0900. The van der Waals surface area contributed by atoms with Gasteiger partial charge in [-0.25, -0.2) is 4.79 Å². The fourth-order valence-corrected chi connectivity index (χ4v) is 4.45. The van der Waals surface area contributed by atoms with E-state index in [0.717, 1.165) is 21.8 Å². The Morgan fingerprint density at radius 2 is 2.05 bits per heavy atom. The van der Waals surface area contributed by atoms with E-state index in [1.807, 2.05) is 6.92 Å². The van der Waals surface area contributed by atoms with Crippen LogP contribution >= 0.6 is 31.9 Å². The number of esters is 1. The van der Waals surface area contributed by atoms with Crippen LogP contribution in [0.2, 0.25) is 0 Å². The van der Waals surface area contributed by atoms with Crippen LogP contribution < -0.4 is 0 Å². The first-order valence-corrected chi connectivity index (χ1v) is 8.93. The quantitative estimate of drug-likeness (QED) is 0.511. The van der Waals surface area contributed by atoms with Gasteiger partial charge in [0.15, 0.2) is 0 Å². The third-order valence-electron chi connectivity index (χ3n) is 4.03. The van der Waals surface area contributed by atoms with Gasteiger partial charge in [-0.05, 0) is 44.1 Å². The predicted molar refractivity (Wildman–Crippen MR) is 84.5 cm³/mol. The van der Waals surface area contributed by atoms with Gasteiger partial charge in [0, 0.05) is 9.81 Å². The monoisotopic (exact) mass is 390 g/mol. The normalized spacial score (nSPS) is 26.8. The van der Waals surface area contributed by atoms with Crippen molar-refractivity contribution in [3.63, 3.8) is 0 Å². The second kappa shape index (κ2) is 7.07. The smallest absolute Gasteiger partial charge is 0.338 e. The van der Waals surface area contributed by atoms with Crippen molar-refractivity contribution in [1.82, 2.24) is 0 Å². The summed E-state index contributed by atoms with van der Waals surface area (Å²) in [4.78, 5) is 12.1. The molecule has 106 valence electrons. The molecule has 4 heteroatoms. The van der Waals surface area contributed by atoms with Crippen LogP contribution in [0.5, 0.6) is 0 Å². The van der Waals surface area contributed by atoms with Crippen molar-refractivity contribution in [2.75, 3.05) is 11.9 Å². The van der Waals surface area contributed by atoms with Gasteiger partial charge in [-0.3, -0.25) is 0 Å². The number of hydrogen-bond acceptors (Lipinski definition) is 2. The number of fused-ring (bicyclic) bond motifs is 1. The Morgan fingerprint density at radius 1 is 1.37 bits per heavy atom.